The summed E-state index contributed by atoms with van der Waals surface area (Å²) in [7, 11) is 0. The second-order valence-electron chi connectivity index (χ2n) is 4.31. The van der Waals surface area contributed by atoms with Crippen molar-refractivity contribution >= 4 is 23.2 Å². The van der Waals surface area contributed by atoms with E-state index in [0.717, 1.165) is 6.54 Å². The highest BCUT2D eigenvalue weighted by Crippen LogP contribution is 2.08. The van der Waals surface area contributed by atoms with E-state index in [9.17, 15) is 4.79 Å². The maximum absolute atomic E-state index is 11.0. The highest BCUT2D eigenvalue weighted by molar-refractivity contribution is 7.07. The molecule has 0 aliphatic heterocycles. The molecule has 0 saturated heterocycles. The zero-order valence-corrected chi connectivity index (χ0v) is 12.6. The predicted octanol–water partition coefficient (Wildman–Crippen LogP) is 1.70. The van der Waals surface area contributed by atoms with E-state index in [2.05, 4.69) is 21.0 Å². The van der Waals surface area contributed by atoms with Gasteiger partial charge in [-0.25, -0.2) is 4.99 Å². The minimum atomic E-state index is -0.570. The van der Waals surface area contributed by atoms with Crippen LogP contribution in [0.3, 0.4) is 0 Å². The lowest BCUT2D eigenvalue weighted by Gasteiger charge is -2.09. The zero-order chi connectivity index (χ0) is 15.1. The van der Waals surface area contributed by atoms with Crippen molar-refractivity contribution in [3.05, 3.63) is 46.0 Å². The van der Waals surface area contributed by atoms with Crippen LogP contribution in [0.15, 0.2) is 38.4 Å². The molecule has 0 aliphatic rings. The number of rotatable bonds is 6. The molecule has 2 aromatic heterocycles. The van der Waals surface area contributed by atoms with Gasteiger partial charge in [-0.15, -0.1) is 0 Å². The minimum absolute atomic E-state index is 0.159. The first kappa shape index (κ1) is 15.1. The second kappa shape index (κ2) is 7.49. The molecular weight excluding hydrogens is 288 g/mol. The van der Waals surface area contributed by atoms with E-state index in [0.29, 0.717) is 24.8 Å². The van der Waals surface area contributed by atoms with Gasteiger partial charge < -0.3 is 20.8 Å². The van der Waals surface area contributed by atoms with Crippen LogP contribution in [0.1, 0.15) is 28.8 Å². The normalized spacial score (nSPS) is 11.4. The zero-order valence-electron chi connectivity index (χ0n) is 11.8. The Bertz CT molecular complexity index is 604. The molecule has 6 nitrogen and oxygen atoms in total. The van der Waals surface area contributed by atoms with Gasteiger partial charge >= 0.3 is 0 Å². The third-order valence-electron chi connectivity index (χ3n) is 2.68. The summed E-state index contributed by atoms with van der Waals surface area (Å²) >= 11 is 1.65. The Morgan fingerprint density at radius 3 is 2.86 bits per heavy atom. The SMILES string of the molecule is CCNC(=NCc1ccsc1)NCc1ccc(C(N)=O)o1. The van der Waals surface area contributed by atoms with Gasteiger partial charge in [-0.2, -0.15) is 11.3 Å². The van der Waals surface area contributed by atoms with Gasteiger partial charge in [-0.1, -0.05) is 0 Å². The van der Waals surface area contributed by atoms with Crippen LogP contribution < -0.4 is 16.4 Å². The van der Waals surface area contributed by atoms with Crippen LogP contribution in [0.4, 0.5) is 0 Å². The maximum atomic E-state index is 11.0. The van der Waals surface area contributed by atoms with Gasteiger partial charge in [0.25, 0.3) is 5.91 Å². The molecule has 21 heavy (non-hydrogen) atoms. The number of hydrogen-bond acceptors (Lipinski definition) is 4. The van der Waals surface area contributed by atoms with Crippen LogP contribution in [-0.4, -0.2) is 18.4 Å². The van der Waals surface area contributed by atoms with Crippen LogP contribution in [0, 0.1) is 0 Å². The number of amides is 1. The summed E-state index contributed by atoms with van der Waals surface area (Å²) < 4.78 is 5.31. The quantitative estimate of drug-likeness (QED) is 0.559. The number of guanidine groups is 1. The van der Waals surface area contributed by atoms with E-state index < -0.39 is 5.91 Å². The Kier molecular flexibility index (Phi) is 5.39. The lowest BCUT2D eigenvalue weighted by Crippen LogP contribution is -2.36. The molecule has 112 valence electrons. The second-order valence-corrected chi connectivity index (χ2v) is 5.09. The summed E-state index contributed by atoms with van der Waals surface area (Å²) in [5.41, 5.74) is 6.32. The third kappa shape index (κ3) is 4.64. The topological polar surface area (TPSA) is 92.6 Å². The van der Waals surface area contributed by atoms with Crippen molar-refractivity contribution < 1.29 is 9.21 Å². The first-order chi connectivity index (χ1) is 10.2. The molecule has 4 N–H and O–H groups in total. The summed E-state index contributed by atoms with van der Waals surface area (Å²) in [6.07, 6.45) is 0. The molecule has 0 fully saturated rings. The average Bonchev–Trinajstić information content (AvgIpc) is 3.13. The Balaban J connectivity index is 1.92. The molecule has 0 saturated carbocycles. The number of nitrogens with zero attached hydrogens (tertiary/aromatic N) is 1. The van der Waals surface area contributed by atoms with Crippen molar-refractivity contribution in [2.24, 2.45) is 10.7 Å². The number of carbonyl (C=O) groups excluding carboxylic acids is 1. The molecule has 0 aliphatic carbocycles. The van der Waals surface area contributed by atoms with Crippen LogP contribution in [-0.2, 0) is 13.1 Å². The van der Waals surface area contributed by atoms with Crippen molar-refractivity contribution in [2.45, 2.75) is 20.0 Å². The summed E-state index contributed by atoms with van der Waals surface area (Å²) in [4.78, 5) is 15.4. The van der Waals surface area contributed by atoms with Gasteiger partial charge in [0.2, 0.25) is 0 Å². The van der Waals surface area contributed by atoms with Crippen LogP contribution >= 0.6 is 11.3 Å². The number of carbonyl (C=O) groups is 1. The molecular formula is C14H18N4O2S. The maximum Gasteiger partial charge on any atom is 0.284 e. The van der Waals surface area contributed by atoms with Gasteiger partial charge in [0.1, 0.15) is 5.76 Å². The van der Waals surface area contributed by atoms with E-state index in [4.69, 9.17) is 10.2 Å². The highest BCUT2D eigenvalue weighted by Gasteiger charge is 2.07. The molecule has 0 atom stereocenters. The molecule has 2 aromatic rings. The van der Waals surface area contributed by atoms with Crippen LogP contribution in [0.5, 0.6) is 0 Å². The number of nitrogens with one attached hydrogen (secondary N) is 2. The summed E-state index contributed by atoms with van der Waals surface area (Å²) in [6, 6.07) is 5.33. The number of primary amides is 1. The summed E-state index contributed by atoms with van der Waals surface area (Å²) in [5.74, 6) is 0.914. The third-order valence-corrected chi connectivity index (χ3v) is 3.41. The highest BCUT2D eigenvalue weighted by atomic mass is 32.1. The van der Waals surface area contributed by atoms with Crippen molar-refractivity contribution in [3.8, 4) is 0 Å². The van der Waals surface area contributed by atoms with Crippen molar-refractivity contribution in [2.75, 3.05) is 6.54 Å². The van der Waals surface area contributed by atoms with E-state index in [1.165, 1.54) is 5.56 Å². The summed E-state index contributed by atoms with van der Waals surface area (Å²) in [6.45, 7) is 3.81. The largest absolute Gasteiger partial charge is 0.454 e. The van der Waals surface area contributed by atoms with Gasteiger partial charge in [-0.05, 0) is 41.4 Å². The predicted molar refractivity (Wildman–Crippen MR) is 83.2 cm³/mol. The Hall–Kier alpha value is -2.28. The van der Waals surface area contributed by atoms with Crippen molar-refractivity contribution in [1.82, 2.24) is 10.6 Å². The number of furan rings is 1. The molecule has 1 amide bonds. The number of aliphatic imine (C=N–C) groups is 1. The smallest absolute Gasteiger partial charge is 0.284 e. The lowest BCUT2D eigenvalue weighted by atomic mass is 10.3. The fourth-order valence-corrected chi connectivity index (χ4v) is 2.33. The monoisotopic (exact) mass is 306 g/mol. The fraction of sp³-hybridized carbons (Fsp3) is 0.286. The first-order valence-electron chi connectivity index (χ1n) is 6.60. The fourth-order valence-electron chi connectivity index (χ4n) is 1.67. The Morgan fingerprint density at radius 2 is 2.24 bits per heavy atom. The molecule has 0 unspecified atom stereocenters. The Labute approximate surface area is 127 Å². The van der Waals surface area contributed by atoms with E-state index in [1.807, 2.05) is 18.4 Å². The molecule has 0 aromatic carbocycles. The molecule has 2 heterocycles. The minimum Gasteiger partial charge on any atom is -0.454 e. The van der Waals surface area contributed by atoms with E-state index in [1.54, 1.807) is 23.5 Å². The first-order valence-corrected chi connectivity index (χ1v) is 7.55. The van der Waals surface area contributed by atoms with E-state index >= 15 is 0 Å². The lowest BCUT2D eigenvalue weighted by molar-refractivity contribution is 0.0972. The molecule has 2 rings (SSSR count). The van der Waals surface area contributed by atoms with Gasteiger partial charge in [0.15, 0.2) is 11.7 Å². The van der Waals surface area contributed by atoms with Gasteiger partial charge in [-0.3, -0.25) is 4.79 Å². The molecule has 0 bridgehead atoms. The molecule has 0 spiro atoms. The number of nitrogens with two attached hydrogens (primary N) is 1. The Morgan fingerprint density at radius 1 is 1.38 bits per heavy atom. The van der Waals surface area contributed by atoms with E-state index in [-0.39, 0.29) is 5.76 Å². The summed E-state index contributed by atoms with van der Waals surface area (Å²) in [5, 5.41) is 10.4. The standard InChI is InChI=1S/C14H18N4O2S/c1-2-16-14(17-7-10-5-6-21-9-10)18-8-11-3-4-12(20-11)13(15)19/h3-6,9H,2,7-8H2,1H3,(H2,15,19)(H2,16,17,18). The van der Waals surface area contributed by atoms with Crippen molar-refractivity contribution in [1.29, 1.82) is 0 Å². The number of thiophene rings is 1. The molecule has 0 radical (unpaired) electrons. The average molecular weight is 306 g/mol. The number of hydrogen-bond donors (Lipinski definition) is 3. The van der Waals surface area contributed by atoms with Crippen LogP contribution in [0.2, 0.25) is 0 Å². The van der Waals surface area contributed by atoms with Crippen molar-refractivity contribution in [3.63, 3.8) is 0 Å². The van der Waals surface area contributed by atoms with Crippen LogP contribution in [0.25, 0.3) is 0 Å². The van der Waals surface area contributed by atoms with Gasteiger partial charge in [0, 0.05) is 6.54 Å². The molecule has 7 heteroatoms. The van der Waals surface area contributed by atoms with Gasteiger partial charge in [0.05, 0.1) is 13.1 Å².